The van der Waals surface area contributed by atoms with E-state index in [1.807, 2.05) is 6.92 Å². The summed E-state index contributed by atoms with van der Waals surface area (Å²) in [5.41, 5.74) is 3.39. The molecule has 1 heterocycles. The summed E-state index contributed by atoms with van der Waals surface area (Å²) in [6.07, 6.45) is 1.67. The average Bonchev–Trinajstić information content (AvgIpc) is 2.96. The van der Waals surface area contributed by atoms with Crippen LogP contribution in [-0.4, -0.2) is 34.9 Å². The van der Waals surface area contributed by atoms with Gasteiger partial charge in [0.2, 0.25) is 0 Å². The van der Waals surface area contributed by atoms with Gasteiger partial charge in [-0.2, -0.15) is 5.01 Å². The van der Waals surface area contributed by atoms with Crippen LogP contribution in [0.3, 0.4) is 0 Å². The molecule has 0 spiro atoms. The number of nitrogens with one attached hydrogen (secondary N) is 1. The molecule has 2 amide bonds. The minimum atomic E-state index is -0.572. The summed E-state index contributed by atoms with van der Waals surface area (Å²) in [7, 11) is 1.54. The van der Waals surface area contributed by atoms with Gasteiger partial charge in [0.25, 0.3) is 11.8 Å². The number of carbonyl (C=O) groups is 2. The molecule has 2 aromatic rings. The van der Waals surface area contributed by atoms with Crippen LogP contribution in [0.5, 0.6) is 11.5 Å². The number of methoxy groups -OCH3 is 1. The molecule has 10 heteroatoms. The van der Waals surface area contributed by atoms with Gasteiger partial charge in [0.1, 0.15) is 0 Å². The van der Waals surface area contributed by atoms with Gasteiger partial charge in [-0.05, 0) is 61.1 Å². The first-order valence-electron chi connectivity index (χ1n) is 8.69. The molecule has 0 aliphatic carbocycles. The molecule has 0 unspecified atom stereocenters. The van der Waals surface area contributed by atoms with Crippen LogP contribution in [-0.2, 0) is 4.79 Å². The Labute approximate surface area is 193 Å². The maximum absolute atomic E-state index is 12.8. The largest absolute Gasteiger partial charge is 0.493 e. The van der Waals surface area contributed by atoms with E-state index in [-0.39, 0.29) is 14.9 Å². The van der Waals surface area contributed by atoms with E-state index in [1.165, 1.54) is 18.2 Å². The number of carbonyl (C=O) groups excluding carboxylic acids is 2. The lowest BCUT2D eigenvalue weighted by molar-refractivity contribution is -0.123. The monoisotopic (exact) mass is 482 g/mol. The molecule has 0 aromatic heterocycles. The number of hydrogen-bond donors (Lipinski definition) is 1. The fourth-order valence-electron chi connectivity index (χ4n) is 2.60. The molecule has 0 radical (unpaired) electrons. The number of benzene rings is 2. The summed E-state index contributed by atoms with van der Waals surface area (Å²) >= 11 is 18.2. The van der Waals surface area contributed by atoms with Gasteiger partial charge in [-0.15, -0.1) is 0 Å². The SMILES string of the molecule is CCOc1ccc(/C=C2\SC(=S)N(NC(=O)c3ccc(Cl)cc3Cl)C2=O)cc1OC. The van der Waals surface area contributed by atoms with Crippen LogP contribution < -0.4 is 14.9 Å². The standard InChI is InChI=1S/C20H16Cl2N2O4S2/c1-3-28-15-7-4-11(8-16(15)27-2)9-17-19(26)24(20(29)30-17)23-18(25)13-6-5-12(21)10-14(13)22/h4-10H,3H2,1-2H3,(H,23,25)/b17-9-. The van der Waals surface area contributed by atoms with E-state index >= 15 is 0 Å². The molecule has 1 aliphatic rings. The zero-order chi connectivity index (χ0) is 21.8. The Morgan fingerprint density at radius 1 is 1.23 bits per heavy atom. The Bertz CT molecular complexity index is 1060. The van der Waals surface area contributed by atoms with Crippen LogP contribution in [0.4, 0.5) is 0 Å². The van der Waals surface area contributed by atoms with E-state index in [1.54, 1.807) is 31.4 Å². The number of rotatable bonds is 6. The molecule has 6 nitrogen and oxygen atoms in total. The number of halogens is 2. The maximum atomic E-state index is 12.8. The molecule has 0 bridgehead atoms. The highest BCUT2D eigenvalue weighted by Gasteiger charge is 2.34. The lowest BCUT2D eigenvalue weighted by Gasteiger charge is -2.16. The second-order valence-electron chi connectivity index (χ2n) is 5.93. The molecule has 156 valence electrons. The van der Waals surface area contributed by atoms with Crippen LogP contribution in [0.2, 0.25) is 10.0 Å². The van der Waals surface area contributed by atoms with Crippen LogP contribution in [0.25, 0.3) is 6.08 Å². The van der Waals surface area contributed by atoms with Crippen molar-refractivity contribution < 1.29 is 19.1 Å². The smallest absolute Gasteiger partial charge is 0.285 e. The van der Waals surface area contributed by atoms with Crippen molar-refractivity contribution in [2.24, 2.45) is 0 Å². The Balaban J connectivity index is 1.79. The molecule has 1 N–H and O–H groups in total. The van der Waals surface area contributed by atoms with E-state index < -0.39 is 11.8 Å². The van der Waals surface area contributed by atoms with E-state index in [0.29, 0.717) is 28.0 Å². The summed E-state index contributed by atoms with van der Waals surface area (Å²) in [4.78, 5) is 25.6. The Kier molecular flexibility index (Phi) is 7.25. The highest BCUT2D eigenvalue weighted by molar-refractivity contribution is 8.26. The highest BCUT2D eigenvalue weighted by atomic mass is 35.5. The van der Waals surface area contributed by atoms with Crippen LogP contribution in [0.15, 0.2) is 41.3 Å². The first kappa shape index (κ1) is 22.4. The fraction of sp³-hybridized carbons (Fsp3) is 0.150. The summed E-state index contributed by atoms with van der Waals surface area (Å²) in [6, 6.07) is 9.77. The highest BCUT2D eigenvalue weighted by Crippen LogP contribution is 2.34. The van der Waals surface area contributed by atoms with Crippen molar-refractivity contribution in [2.75, 3.05) is 13.7 Å². The topological polar surface area (TPSA) is 67.9 Å². The Morgan fingerprint density at radius 3 is 2.67 bits per heavy atom. The first-order chi connectivity index (χ1) is 14.3. The number of hydrazine groups is 1. The van der Waals surface area contributed by atoms with Crippen LogP contribution >= 0.6 is 47.2 Å². The summed E-state index contributed by atoms with van der Waals surface area (Å²) in [5.74, 6) is 0.136. The number of amides is 2. The molecule has 3 rings (SSSR count). The third kappa shape index (κ3) is 4.89. The second kappa shape index (κ2) is 9.70. The fourth-order valence-corrected chi connectivity index (χ4v) is 4.27. The van der Waals surface area contributed by atoms with Crippen molar-refractivity contribution in [3.63, 3.8) is 0 Å². The van der Waals surface area contributed by atoms with Gasteiger partial charge in [0.05, 0.1) is 29.2 Å². The number of ether oxygens (including phenoxy) is 2. The zero-order valence-corrected chi connectivity index (χ0v) is 19.0. The minimum Gasteiger partial charge on any atom is -0.493 e. The second-order valence-corrected chi connectivity index (χ2v) is 8.44. The van der Waals surface area contributed by atoms with E-state index in [2.05, 4.69) is 5.43 Å². The molecule has 30 heavy (non-hydrogen) atoms. The minimum absolute atomic E-state index is 0.169. The third-order valence-electron chi connectivity index (χ3n) is 3.97. The van der Waals surface area contributed by atoms with Gasteiger partial charge < -0.3 is 9.47 Å². The van der Waals surface area contributed by atoms with Gasteiger partial charge in [-0.1, -0.05) is 41.0 Å². The van der Waals surface area contributed by atoms with E-state index in [4.69, 9.17) is 44.9 Å². The van der Waals surface area contributed by atoms with Gasteiger partial charge in [0.15, 0.2) is 15.8 Å². The molecule has 1 aliphatic heterocycles. The van der Waals surface area contributed by atoms with Crippen molar-refractivity contribution in [3.8, 4) is 11.5 Å². The van der Waals surface area contributed by atoms with Gasteiger partial charge in [-0.25, -0.2) is 0 Å². The lowest BCUT2D eigenvalue weighted by atomic mass is 10.2. The number of hydrogen-bond acceptors (Lipinski definition) is 6. The quantitative estimate of drug-likeness (QED) is 0.464. The molecule has 1 fully saturated rings. The third-order valence-corrected chi connectivity index (χ3v) is 5.82. The molecular formula is C20H16Cl2N2O4S2. The average molecular weight is 483 g/mol. The van der Waals surface area contributed by atoms with Crippen LogP contribution in [0, 0.1) is 0 Å². The zero-order valence-electron chi connectivity index (χ0n) is 15.9. The van der Waals surface area contributed by atoms with Crippen molar-refractivity contribution in [2.45, 2.75) is 6.92 Å². The first-order valence-corrected chi connectivity index (χ1v) is 10.7. The molecule has 0 saturated carbocycles. The van der Waals surface area contributed by atoms with Crippen molar-refractivity contribution in [1.82, 2.24) is 10.4 Å². The number of thioether (sulfide) groups is 1. The van der Waals surface area contributed by atoms with Gasteiger partial charge in [0, 0.05) is 5.02 Å². The molecular weight excluding hydrogens is 467 g/mol. The normalized spacial score (nSPS) is 14.9. The van der Waals surface area contributed by atoms with Crippen LogP contribution in [0.1, 0.15) is 22.8 Å². The Hall–Kier alpha value is -2.26. The molecule has 0 atom stereocenters. The number of thiocarbonyl (C=S) groups is 1. The molecule has 1 saturated heterocycles. The molecule has 2 aromatic carbocycles. The lowest BCUT2D eigenvalue weighted by Crippen LogP contribution is -2.44. The Morgan fingerprint density at radius 2 is 2.00 bits per heavy atom. The van der Waals surface area contributed by atoms with Crippen molar-refractivity contribution >= 4 is 69.4 Å². The number of nitrogens with zero attached hydrogens (tertiary/aromatic N) is 1. The predicted molar refractivity (Wildman–Crippen MR) is 123 cm³/mol. The van der Waals surface area contributed by atoms with Gasteiger partial charge >= 0.3 is 0 Å². The maximum Gasteiger partial charge on any atom is 0.285 e. The van der Waals surface area contributed by atoms with Gasteiger partial charge in [-0.3, -0.25) is 15.0 Å². The summed E-state index contributed by atoms with van der Waals surface area (Å²) in [5, 5.41) is 1.59. The summed E-state index contributed by atoms with van der Waals surface area (Å²) < 4.78 is 11.0. The van der Waals surface area contributed by atoms with E-state index in [9.17, 15) is 9.59 Å². The van der Waals surface area contributed by atoms with Crippen molar-refractivity contribution in [1.29, 1.82) is 0 Å². The van der Waals surface area contributed by atoms with Crippen molar-refractivity contribution in [3.05, 3.63) is 62.5 Å². The summed E-state index contributed by atoms with van der Waals surface area (Å²) in [6.45, 7) is 2.38. The predicted octanol–water partition coefficient (Wildman–Crippen LogP) is 4.95. The van der Waals surface area contributed by atoms with E-state index in [0.717, 1.165) is 22.3 Å².